The quantitative estimate of drug-likeness (QED) is 0.455. The molecule has 9 heteroatoms. The molecule has 33 heavy (non-hydrogen) atoms. The molecule has 5 rings (SSSR count). The SMILES string of the molecule is CCCn1c(=O)[nH]c(=O)c2c(C(=O)Nc3ccnn3Cc3ccccc3)cc(C3CC3)nc21. The maximum atomic E-state index is 13.4. The molecule has 1 aromatic carbocycles. The summed E-state index contributed by atoms with van der Waals surface area (Å²) in [5.41, 5.74) is 1.13. The summed E-state index contributed by atoms with van der Waals surface area (Å²) in [5.74, 6) is 0.320. The number of H-pyrrole nitrogens is 1. The lowest BCUT2D eigenvalue weighted by Gasteiger charge is -2.14. The Bertz CT molecular complexity index is 1450. The van der Waals surface area contributed by atoms with Crippen molar-refractivity contribution in [3.8, 4) is 0 Å². The van der Waals surface area contributed by atoms with Gasteiger partial charge < -0.3 is 5.32 Å². The number of benzene rings is 1. The minimum absolute atomic E-state index is 0.124. The molecule has 1 fully saturated rings. The van der Waals surface area contributed by atoms with E-state index in [2.05, 4.69) is 20.4 Å². The fourth-order valence-corrected chi connectivity index (χ4v) is 4.00. The molecule has 0 spiro atoms. The molecule has 168 valence electrons. The second-order valence-electron chi connectivity index (χ2n) is 8.29. The Balaban J connectivity index is 1.57. The molecule has 0 bridgehead atoms. The Hall–Kier alpha value is -4.01. The number of nitrogens with zero attached hydrogens (tertiary/aromatic N) is 4. The second kappa shape index (κ2) is 8.50. The van der Waals surface area contributed by atoms with Crippen molar-refractivity contribution < 1.29 is 4.79 Å². The van der Waals surface area contributed by atoms with Crippen LogP contribution in [0.15, 0.2) is 58.3 Å². The number of aromatic nitrogens is 5. The topological polar surface area (TPSA) is 115 Å². The summed E-state index contributed by atoms with van der Waals surface area (Å²) in [7, 11) is 0. The van der Waals surface area contributed by atoms with E-state index >= 15 is 0 Å². The van der Waals surface area contributed by atoms with Gasteiger partial charge in [-0.05, 0) is 30.9 Å². The monoisotopic (exact) mass is 444 g/mol. The third-order valence-corrected chi connectivity index (χ3v) is 5.79. The van der Waals surface area contributed by atoms with Crippen LogP contribution in [0.2, 0.25) is 0 Å². The van der Waals surface area contributed by atoms with Crippen molar-refractivity contribution in [2.75, 3.05) is 5.32 Å². The first-order chi connectivity index (χ1) is 16.0. The molecule has 3 heterocycles. The summed E-state index contributed by atoms with van der Waals surface area (Å²) in [4.78, 5) is 45.6. The summed E-state index contributed by atoms with van der Waals surface area (Å²) >= 11 is 0. The smallest absolute Gasteiger partial charge is 0.307 e. The van der Waals surface area contributed by atoms with E-state index in [1.54, 1.807) is 23.0 Å². The Kier molecular flexibility index (Phi) is 5.37. The zero-order chi connectivity index (χ0) is 22.9. The number of carbonyl (C=O) groups excluding carboxylic acids is 1. The highest BCUT2D eigenvalue weighted by Gasteiger charge is 2.29. The highest BCUT2D eigenvalue weighted by atomic mass is 16.2. The predicted molar refractivity (Wildman–Crippen MR) is 125 cm³/mol. The molecular weight excluding hydrogens is 420 g/mol. The zero-order valence-corrected chi connectivity index (χ0v) is 18.2. The first kappa shape index (κ1) is 20.9. The molecule has 1 aliphatic rings. The van der Waals surface area contributed by atoms with Crippen molar-refractivity contribution in [2.24, 2.45) is 0 Å². The van der Waals surface area contributed by atoms with Crippen LogP contribution in [-0.4, -0.2) is 30.2 Å². The van der Waals surface area contributed by atoms with Gasteiger partial charge in [-0.15, -0.1) is 0 Å². The molecule has 1 aliphatic carbocycles. The normalized spacial score (nSPS) is 13.4. The highest BCUT2D eigenvalue weighted by molar-refractivity contribution is 6.11. The number of amides is 1. The van der Waals surface area contributed by atoms with Gasteiger partial charge in [0.2, 0.25) is 0 Å². The molecule has 1 amide bonds. The molecule has 1 saturated carbocycles. The van der Waals surface area contributed by atoms with Crippen molar-refractivity contribution in [3.05, 3.63) is 86.3 Å². The minimum Gasteiger partial charge on any atom is -0.307 e. The minimum atomic E-state index is -0.611. The molecule has 9 nitrogen and oxygen atoms in total. The summed E-state index contributed by atoms with van der Waals surface area (Å²) in [6, 6.07) is 13.2. The molecular formula is C24H24N6O3. The van der Waals surface area contributed by atoms with E-state index < -0.39 is 17.2 Å². The predicted octanol–water partition coefficient (Wildman–Crippen LogP) is 2.87. The number of pyridine rings is 1. The molecule has 0 aliphatic heterocycles. The number of carbonyl (C=O) groups is 1. The van der Waals surface area contributed by atoms with E-state index in [0.29, 0.717) is 25.3 Å². The van der Waals surface area contributed by atoms with E-state index in [9.17, 15) is 14.4 Å². The Morgan fingerprint density at radius 3 is 2.70 bits per heavy atom. The number of nitrogens with one attached hydrogen (secondary N) is 2. The summed E-state index contributed by atoms with van der Waals surface area (Å²) in [6.07, 6.45) is 4.26. The third kappa shape index (κ3) is 4.09. The molecule has 0 unspecified atom stereocenters. The van der Waals surface area contributed by atoms with Crippen molar-refractivity contribution in [1.82, 2.24) is 24.3 Å². The van der Waals surface area contributed by atoms with Crippen LogP contribution in [0, 0.1) is 0 Å². The van der Waals surface area contributed by atoms with Crippen molar-refractivity contribution in [3.63, 3.8) is 0 Å². The van der Waals surface area contributed by atoms with Gasteiger partial charge in [-0.1, -0.05) is 37.3 Å². The lowest BCUT2D eigenvalue weighted by Crippen LogP contribution is -2.32. The van der Waals surface area contributed by atoms with Crippen LogP contribution >= 0.6 is 0 Å². The number of rotatable bonds is 7. The maximum Gasteiger partial charge on any atom is 0.329 e. The molecule has 2 N–H and O–H groups in total. The van der Waals surface area contributed by atoms with Gasteiger partial charge in [-0.3, -0.25) is 19.1 Å². The average Bonchev–Trinajstić information content (AvgIpc) is 3.58. The molecule has 4 aromatic rings. The first-order valence-electron chi connectivity index (χ1n) is 11.1. The van der Waals surface area contributed by atoms with Gasteiger partial charge in [0.05, 0.1) is 23.7 Å². The first-order valence-corrected chi connectivity index (χ1v) is 11.1. The highest BCUT2D eigenvalue weighted by Crippen LogP contribution is 2.40. The lowest BCUT2D eigenvalue weighted by atomic mass is 10.1. The van der Waals surface area contributed by atoms with Crippen molar-refractivity contribution in [2.45, 2.75) is 45.2 Å². The van der Waals surface area contributed by atoms with Gasteiger partial charge in [0, 0.05) is 24.2 Å². The van der Waals surface area contributed by atoms with Crippen LogP contribution in [0.25, 0.3) is 11.0 Å². The van der Waals surface area contributed by atoms with E-state index in [1.807, 2.05) is 37.3 Å². The number of aromatic amines is 1. The maximum absolute atomic E-state index is 13.4. The second-order valence-corrected chi connectivity index (χ2v) is 8.29. The molecule has 0 saturated heterocycles. The standard InChI is InChI=1S/C24H24N6O3/c1-2-12-29-21-20(23(32)28-24(29)33)17(13-18(26-21)16-8-9-16)22(31)27-19-10-11-25-30(19)14-15-6-4-3-5-7-15/h3-7,10-11,13,16H,2,8-9,12,14H2,1H3,(H,27,31)(H,28,32,33). The van der Waals surface area contributed by atoms with Gasteiger partial charge in [0.15, 0.2) is 5.65 Å². The number of aryl methyl sites for hydroxylation is 1. The van der Waals surface area contributed by atoms with Gasteiger partial charge >= 0.3 is 5.69 Å². The van der Waals surface area contributed by atoms with E-state index in [1.165, 1.54) is 4.57 Å². The largest absolute Gasteiger partial charge is 0.329 e. The summed E-state index contributed by atoms with van der Waals surface area (Å²) in [5, 5.41) is 7.34. The van der Waals surface area contributed by atoms with Crippen molar-refractivity contribution in [1.29, 1.82) is 0 Å². The molecule has 0 atom stereocenters. The van der Waals surface area contributed by atoms with Crippen LogP contribution in [-0.2, 0) is 13.1 Å². The van der Waals surface area contributed by atoms with Gasteiger partial charge in [-0.2, -0.15) is 5.10 Å². The zero-order valence-electron chi connectivity index (χ0n) is 18.2. The fourth-order valence-electron chi connectivity index (χ4n) is 4.00. The Labute approximate surface area is 189 Å². The number of hydrogen-bond acceptors (Lipinski definition) is 5. The van der Waals surface area contributed by atoms with Gasteiger partial charge in [-0.25, -0.2) is 14.5 Å². The number of anilines is 1. The van der Waals surface area contributed by atoms with Crippen molar-refractivity contribution >= 4 is 22.8 Å². The molecule has 0 radical (unpaired) electrons. The van der Waals surface area contributed by atoms with E-state index in [4.69, 9.17) is 0 Å². The van der Waals surface area contributed by atoms with Crippen LogP contribution < -0.4 is 16.6 Å². The van der Waals surface area contributed by atoms with Crippen LogP contribution in [0.1, 0.15) is 53.7 Å². The third-order valence-electron chi connectivity index (χ3n) is 5.79. The van der Waals surface area contributed by atoms with E-state index in [0.717, 1.165) is 24.1 Å². The van der Waals surface area contributed by atoms with Crippen LogP contribution in [0.3, 0.4) is 0 Å². The van der Waals surface area contributed by atoms with Crippen LogP contribution in [0.4, 0.5) is 5.82 Å². The summed E-state index contributed by atoms with van der Waals surface area (Å²) < 4.78 is 3.13. The number of hydrogen-bond donors (Lipinski definition) is 2. The van der Waals surface area contributed by atoms with Crippen LogP contribution in [0.5, 0.6) is 0 Å². The van der Waals surface area contributed by atoms with E-state index in [-0.39, 0.29) is 22.5 Å². The Morgan fingerprint density at radius 2 is 1.97 bits per heavy atom. The average molecular weight is 444 g/mol. The molecule has 3 aromatic heterocycles. The Morgan fingerprint density at radius 1 is 1.18 bits per heavy atom. The van der Waals surface area contributed by atoms with Gasteiger partial charge in [0.25, 0.3) is 11.5 Å². The lowest BCUT2D eigenvalue weighted by molar-refractivity contribution is 0.102. The van der Waals surface area contributed by atoms with Gasteiger partial charge in [0.1, 0.15) is 5.82 Å². The summed E-state index contributed by atoms with van der Waals surface area (Å²) in [6.45, 7) is 2.83. The fraction of sp³-hybridized carbons (Fsp3) is 0.292. The number of fused-ring (bicyclic) bond motifs is 1.